The summed E-state index contributed by atoms with van der Waals surface area (Å²) in [7, 11) is 0. The largest absolute Gasteiger partial charge is 0.491 e. The molecule has 30 heavy (non-hydrogen) atoms. The quantitative estimate of drug-likeness (QED) is 0.697. The van der Waals surface area contributed by atoms with E-state index >= 15 is 0 Å². The lowest BCUT2D eigenvalue weighted by atomic mass is 9.84. The first kappa shape index (κ1) is 19.6. The first-order chi connectivity index (χ1) is 14.4. The topological polar surface area (TPSA) is 86.1 Å². The first-order valence-electron chi connectivity index (χ1n) is 9.89. The lowest BCUT2D eigenvalue weighted by Crippen LogP contribution is -2.22. The van der Waals surface area contributed by atoms with Crippen LogP contribution < -0.4 is 15.2 Å². The maximum atomic E-state index is 9.82. The van der Waals surface area contributed by atoms with Gasteiger partial charge in [0.25, 0.3) is 0 Å². The molecule has 1 atom stereocenters. The second kappa shape index (κ2) is 7.60. The average molecular weight is 400 g/mol. The molecule has 0 aliphatic carbocycles. The van der Waals surface area contributed by atoms with Crippen molar-refractivity contribution in [3.63, 3.8) is 0 Å². The highest BCUT2D eigenvalue weighted by molar-refractivity contribution is 5.57. The van der Waals surface area contributed by atoms with Crippen molar-refractivity contribution in [2.45, 2.75) is 39.7 Å². The number of nitrogens with zero attached hydrogens (tertiary/aromatic N) is 3. The Balaban J connectivity index is 1.84. The molecular weight excluding hydrogens is 376 g/mol. The Morgan fingerprint density at radius 2 is 1.77 bits per heavy atom. The third kappa shape index (κ3) is 3.39. The molecule has 1 aromatic heterocycles. The third-order valence-corrected chi connectivity index (χ3v) is 5.10. The Kier molecular flexibility index (Phi) is 4.96. The van der Waals surface area contributed by atoms with Crippen LogP contribution in [0.2, 0.25) is 0 Å². The molecule has 2 heterocycles. The highest BCUT2D eigenvalue weighted by Crippen LogP contribution is 2.44. The molecule has 1 aliphatic heterocycles. The smallest absolute Gasteiger partial charge is 0.229 e. The molecule has 6 heteroatoms. The van der Waals surface area contributed by atoms with E-state index in [0.717, 1.165) is 33.8 Å². The number of hydrogen-bond acceptors (Lipinski definition) is 5. The maximum Gasteiger partial charge on any atom is 0.229 e. The fourth-order valence-corrected chi connectivity index (χ4v) is 3.72. The normalized spacial score (nSPS) is 15.5. The zero-order valence-corrected chi connectivity index (χ0v) is 17.5. The summed E-state index contributed by atoms with van der Waals surface area (Å²) in [6.07, 6.45) is 0.0886. The molecular formula is C24H24N4O2. The van der Waals surface area contributed by atoms with Crippen LogP contribution in [0.4, 0.5) is 0 Å². The first-order valence-corrected chi connectivity index (χ1v) is 9.89. The fraction of sp³-hybridized carbons (Fsp3) is 0.250. The second-order valence-corrected chi connectivity index (χ2v) is 7.71. The van der Waals surface area contributed by atoms with Crippen LogP contribution in [-0.4, -0.2) is 15.9 Å². The Morgan fingerprint density at radius 1 is 1.10 bits per heavy atom. The van der Waals surface area contributed by atoms with Crippen molar-refractivity contribution in [1.82, 2.24) is 9.78 Å². The molecule has 0 amide bonds. The molecule has 0 bridgehead atoms. The van der Waals surface area contributed by atoms with Crippen molar-refractivity contribution >= 4 is 0 Å². The van der Waals surface area contributed by atoms with Gasteiger partial charge >= 0.3 is 0 Å². The van der Waals surface area contributed by atoms with E-state index in [1.54, 1.807) is 4.68 Å². The fourth-order valence-electron chi connectivity index (χ4n) is 3.72. The maximum absolute atomic E-state index is 9.82. The Bertz CT molecular complexity index is 1150. The number of fused-ring (bicyclic) bond motifs is 1. The van der Waals surface area contributed by atoms with Crippen LogP contribution in [0.5, 0.6) is 11.6 Å². The highest BCUT2D eigenvalue weighted by atomic mass is 16.5. The van der Waals surface area contributed by atoms with Gasteiger partial charge in [0.15, 0.2) is 0 Å². The standard InChI is InChI=1S/C24H24N4O2/c1-14(2)29-19-11-7-17(8-12-19)22-20(13-25)23(26)30-24-21(22)16(4)27-28(24)18-9-5-15(3)6-10-18/h5-12,14,22H,26H2,1-4H3/t22-/m0/s1. The van der Waals surface area contributed by atoms with Crippen molar-refractivity contribution in [3.8, 4) is 23.4 Å². The monoisotopic (exact) mass is 400 g/mol. The summed E-state index contributed by atoms with van der Waals surface area (Å²) >= 11 is 0. The number of nitrogens with two attached hydrogens (primary N) is 1. The molecule has 0 radical (unpaired) electrons. The minimum atomic E-state index is -0.356. The van der Waals surface area contributed by atoms with Crippen LogP contribution >= 0.6 is 0 Å². The van der Waals surface area contributed by atoms with Crippen molar-refractivity contribution in [2.75, 3.05) is 0 Å². The Labute approximate surface area is 176 Å². The van der Waals surface area contributed by atoms with Gasteiger partial charge in [-0.2, -0.15) is 10.4 Å². The Morgan fingerprint density at radius 3 is 2.37 bits per heavy atom. The number of nitriles is 1. The van der Waals surface area contributed by atoms with E-state index in [4.69, 9.17) is 20.3 Å². The number of allylic oxidation sites excluding steroid dienone is 1. The SMILES string of the molecule is Cc1ccc(-n2nc(C)c3c2OC(N)=C(C#N)[C@@H]3c2ccc(OC(C)C)cc2)cc1. The number of benzene rings is 2. The zero-order valence-electron chi connectivity index (χ0n) is 17.5. The van der Waals surface area contributed by atoms with Crippen molar-refractivity contribution < 1.29 is 9.47 Å². The van der Waals surface area contributed by atoms with Crippen LogP contribution in [-0.2, 0) is 0 Å². The van der Waals surface area contributed by atoms with Crippen molar-refractivity contribution in [2.24, 2.45) is 5.73 Å². The molecule has 2 N–H and O–H groups in total. The summed E-state index contributed by atoms with van der Waals surface area (Å²) < 4.78 is 13.4. The summed E-state index contributed by atoms with van der Waals surface area (Å²) in [4.78, 5) is 0. The number of aryl methyl sites for hydroxylation is 2. The van der Waals surface area contributed by atoms with Crippen molar-refractivity contribution in [1.29, 1.82) is 5.26 Å². The van der Waals surface area contributed by atoms with E-state index in [1.807, 2.05) is 76.2 Å². The summed E-state index contributed by atoms with van der Waals surface area (Å²) in [5, 5.41) is 14.5. The predicted octanol–water partition coefficient (Wildman–Crippen LogP) is 4.49. The van der Waals surface area contributed by atoms with Gasteiger partial charge in [-0.1, -0.05) is 29.8 Å². The molecule has 0 fully saturated rings. The van der Waals surface area contributed by atoms with Crippen molar-refractivity contribution in [3.05, 3.63) is 82.4 Å². The van der Waals surface area contributed by atoms with Gasteiger partial charge in [-0.25, -0.2) is 4.68 Å². The van der Waals surface area contributed by atoms with E-state index < -0.39 is 0 Å². The number of hydrogen-bond donors (Lipinski definition) is 1. The van der Waals surface area contributed by atoms with E-state index in [-0.39, 0.29) is 17.9 Å². The minimum Gasteiger partial charge on any atom is -0.491 e. The van der Waals surface area contributed by atoms with Gasteiger partial charge in [-0.3, -0.25) is 0 Å². The van der Waals surface area contributed by atoms with Gasteiger partial charge in [0.1, 0.15) is 17.4 Å². The highest BCUT2D eigenvalue weighted by Gasteiger charge is 2.36. The van der Waals surface area contributed by atoms with Gasteiger partial charge < -0.3 is 15.2 Å². The van der Waals surface area contributed by atoms with E-state index in [1.165, 1.54) is 0 Å². The van der Waals surface area contributed by atoms with Gasteiger partial charge in [-0.15, -0.1) is 0 Å². The molecule has 2 aromatic carbocycles. The van der Waals surface area contributed by atoms with Gasteiger partial charge in [0.2, 0.25) is 11.8 Å². The predicted molar refractivity (Wildman–Crippen MR) is 115 cm³/mol. The molecule has 0 unspecified atom stereocenters. The summed E-state index contributed by atoms with van der Waals surface area (Å²) in [5.41, 5.74) is 11.2. The van der Waals surface area contributed by atoms with Gasteiger partial charge in [-0.05, 0) is 57.5 Å². The summed E-state index contributed by atoms with van der Waals surface area (Å²) in [5.74, 6) is 1.07. The van der Waals surface area contributed by atoms with Gasteiger partial charge in [0.05, 0.1) is 29.0 Å². The molecule has 4 rings (SSSR count). The molecule has 152 valence electrons. The summed E-state index contributed by atoms with van der Waals surface area (Å²) in [6.45, 7) is 7.93. The second-order valence-electron chi connectivity index (χ2n) is 7.71. The lowest BCUT2D eigenvalue weighted by Gasteiger charge is -2.25. The number of ether oxygens (including phenoxy) is 2. The van der Waals surface area contributed by atoms with Crippen LogP contribution in [0.25, 0.3) is 5.69 Å². The van der Waals surface area contributed by atoms with E-state index in [2.05, 4.69) is 6.07 Å². The molecule has 3 aromatic rings. The van der Waals surface area contributed by atoms with E-state index in [0.29, 0.717) is 11.5 Å². The molecule has 1 aliphatic rings. The number of rotatable bonds is 4. The van der Waals surface area contributed by atoms with E-state index in [9.17, 15) is 5.26 Å². The molecule has 0 saturated heterocycles. The zero-order chi connectivity index (χ0) is 21.4. The van der Waals surface area contributed by atoms with Crippen LogP contribution in [0, 0.1) is 25.2 Å². The Hall–Kier alpha value is -3.72. The molecule has 0 saturated carbocycles. The third-order valence-electron chi connectivity index (χ3n) is 5.10. The molecule has 0 spiro atoms. The molecule has 6 nitrogen and oxygen atoms in total. The van der Waals surface area contributed by atoms with Crippen LogP contribution in [0.1, 0.15) is 42.1 Å². The number of aromatic nitrogens is 2. The van der Waals surface area contributed by atoms with Gasteiger partial charge in [0, 0.05) is 0 Å². The minimum absolute atomic E-state index is 0.0886. The summed E-state index contributed by atoms with van der Waals surface area (Å²) in [6, 6.07) is 18.0. The van der Waals surface area contributed by atoms with Crippen LogP contribution in [0.3, 0.4) is 0 Å². The lowest BCUT2D eigenvalue weighted by molar-refractivity contribution is 0.242. The average Bonchev–Trinajstić information content (AvgIpc) is 3.03. The van der Waals surface area contributed by atoms with Crippen LogP contribution in [0.15, 0.2) is 60.0 Å².